The molecule has 2 aromatic carbocycles. The van der Waals surface area contributed by atoms with Gasteiger partial charge >= 0.3 is 6.18 Å². The second-order valence-electron chi connectivity index (χ2n) is 5.77. The summed E-state index contributed by atoms with van der Waals surface area (Å²) in [6.07, 6.45) is -4.51. The first kappa shape index (κ1) is 23.9. The molecule has 0 saturated carbocycles. The second-order valence-corrected chi connectivity index (χ2v) is 5.77. The van der Waals surface area contributed by atoms with Crippen molar-refractivity contribution >= 4 is 18.3 Å². The number of ether oxygens (including phenoxy) is 1. The van der Waals surface area contributed by atoms with E-state index in [4.69, 9.17) is 4.74 Å². The Balaban J connectivity index is 0.00000392. The van der Waals surface area contributed by atoms with E-state index >= 15 is 0 Å². The highest BCUT2D eigenvalue weighted by Crippen LogP contribution is 2.33. The van der Waals surface area contributed by atoms with E-state index in [0.717, 1.165) is 24.3 Å². The first-order valence-electron chi connectivity index (χ1n) is 8.28. The molecule has 0 fully saturated rings. The highest BCUT2D eigenvalue weighted by Gasteiger charge is 2.30. The van der Waals surface area contributed by atoms with E-state index in [1.165, 1.54) is 18.2 Å². The monoisotopic (exact) mass is 420 g/mol. The zero-order valence-electron chi connectivity index (χ0n) is 15.1. The van der Waals surface area contributed by atoms with Gasteiger partial charge in [0.1, 0.15) is 5.82 Å². The number of benzene rings is 2. The minimum absolute atomic E-state index is 0. The van der Waals surface area contributed by atoms with Gasteiger partial charge in [0.2, 0.25) is 0 Å². The van der Waals surface area contributed by atoms with Gasteiger partial charge in [0.05, 0.1) is 17.7 Å². The molecule has 0 unspecified atom stereocenters. The highest BCUT2D eigenvalue weighted by atomic mass is 35.5. The van der Waals surface area contributed by atoms with Gasteiger partial charge in [-0.15, -0.1) is 12.4 Å². The molecule has 2 N–H and O–H groups in total. The average Bonchev–Trinajstić information content (AvgIpc) is 2.63. The Morgan fingerprint density at radius 3 is 2.50 bits per heavy atom. The molecule has 0 heterocycles. The molecule has 0 radical (unpaired) electrons. The molecule has 4 nitrogen and oxygen atoms in total. The van der Waals surface area contributed by atoms with Gasteiger partial charge in [-0.3, -0.25) is 4.79 Å². The van der Waals surface area contributed by atoms with E-state index in [1.54, 1.807) is 7.11 Å². The number of amides is 1. The second kappa shape index (κ2) is 11.0. The van der Waals surface area contributed by atoms with E-state index in [-0.39, 0.29) is 35.6 Å². The third-order valence-corrected chi connectivity index (χ3v) is 3.80. The number of nitrogens with one attached hydrogen (secondary N) is 2. The fourth-order valence-corrected chi connectivity index (χ4v) is 2.48. The number of carbonyl (C=O) groups is 1. The number of alkyl halides is 3. The van der Waals surface area contributed by atoms with Crippen LogP contribution in [0.5, 0.6) is 0 Å². The minimum atomic E-state index is -4.51. The number of rotatable bonds is 8. The lowest BCUT2D eigenvalue weighted by Crippen LogP contribution is -2.33. The lowest BCUT2D eigenvalue weighted by molar-refractivity contribution is -0.137. The number of halogens is 5. The Hall–Kier alpha value is -2.16. The molecule has 2 aromatic rings. The summed E-state index contributed by atoms with van der Waals surface area (Å²) < 4.78 is 57.3. The molecule has 0 aliphatic rings. The van der Waals surface area contributed by atoms with Crippen molar-refractivity contribution < 1.29 is 27.1 Å². The van der Waals surface area contributed by atoms with Gasteiger partial charge in [0.25, 0.3) is 5.91 Å². The van der Waals surface area contributed by atoms with Gasteiger partial charge in [-0.05, 0) is 35.4 Å². The molecule has 1 amide bonds. The van der Waals surface area contributed by atoms with E-state index < -0.39 is 23.5 Å². The lowest BCUT2D eigenvalue weighted by atomic mass is 9.97. The van der Waals surface area contributed by atoms with Crippen molar-refractivity contribution in [2.75, 3.05) is 33.4 Å². The quantitative estimate of drug-likeness (QED) is 0.503. The van der Waals surface area contributed by atoms with Crippen molar-refractivity contribution in [2.45, 2.75) is 6.18 Å². The average molecular weight is 421 g/mol. The summed E-state index contributed by atoms with van der Waals surface area (Å²) in [6, 6.07) is 8.02. The number of hydrogen-bond donors (Lipinski definition) is 2. The van der Waals surface area contributed by atoms with Crippen LogP contribution in [0.15, 0.2) is 42.5 Å². The maximum atomic E-state index is 13.6. The van der Waals surface area contributed by atoms with Crippen LogP contribution in [0, 0.1) is 5.82 Å². The van der Waals surface area contributed by atoms with Crippen LogP contribution >= 0.6 is 12.4 Å². The van der Waals surface area contributed by atoms with E-state index in [1.807, 2.05) is 0 Å². The zero-order chi connectivity index (χ0) is 19.9. The van der Waals surface area contributed by atoms with E-state index in [0.29, 0.717) is 19.7 Å². The predicted molar refractivity (Wildman–Crippen MR) is 101 cm³/mol. The largest absolute Gasteiger partial charge is 0.416 e. The Labute approximate surface area is 166 Å². The van der Waals surface area contributed by atoms with Gasteiger partial charge in [0.15, 0.2) is 0 Å². The number of carbonyl (C=O) groups excluding carboxylic acids is 1. The SMILES string of the molecule is COCCNCCNC(=O)c1cc(F)ccc1-c1cccc(C(F)(F)F)c1.Cl. The molecule has 0 aliphatic carbocycles. The van der Waals surface area contributed by atoms with Crippen molar-refractivity contribution in [2.24, 2.45) is 0 Å². The summed E-state index contributed by atoms with van der Waals surface area (Å²) in [5.41, 5.74) is -0.440. The summed E-state index contributed by atoms with van der Waals surface area (Å²) in [4.78, 5) is 12.4. The van der Waals surface area contributed by atoms with Crippen molar-refractivity contribution in [3.63, 3.8) is 0 Å². The van der Waals surface area contributed by atoms with Crippen LogP contribution in [0.2, 0.25) is 0 Å². The molecule has 0 saturated heterocycles. The standard InChI is InChI=1S/C19H20F4N2O2.ClH/c1-27-10-9-24-7-8-25-18(26)17-12-15(20)5-6-16(17)13-3-2-4-14(11-13)19(21,22)23;/h2-6,11-12,24H,7-10H2,1H3,(H,25,26);1H. The van der Waals surface area contributed by atoms with Crippen LogP contribution in [0.3, 0.4) is 0 Å². The smallest absolute Gasteiger partial charge is 0.383 e. The topological polar surface area (TPSA) is 50.4 Å². The molecule has 0 aromatic heterocycles. The van der Waals surface area contributed by atoms with E-state index in [2.05, 4.69) is 10.6 Å². The Bertz CT molecular complexity index is 785. The van der Waals surface area contributed by atoms with Crippen molar-refractivity contribution in [1.29, 1.82) is 0 Å². The fraction of sp³-hybridized carbons (Fsp3) is 0.316. The molecule has 2 rings (SSSR count). The van der Waals surface area contributed by atoms with Gasteiger partial charge in [0, 0.05) is 26.7 Å². The van der Waals surface area contributed by atoms with Gasteiger partial charge in [-0.25, -0.2) is 4.39 Å². The van der Waals surface area contributed by atoms with Crippen LogP contribution in [0.4, 0.5) is 17.6 Å². The molecule has 28 heavy (non-hydrogen) atoms. The summed E-state index contributed by atoms with van der Waals surface area (Å²) in [5, 5.41) is 5.66. The molecular formula is C19H21ClF4N2O2. The third-order valence-electron chi connectivity index (χ3n) is 3.80. The summed E-state index contributed by atoms with van der Waals surface area (Å²) in [6.45, 7) is 1.89. The van der Waals surface area contributed by atoms with Gasteiger partial charge in [-0.1, -0.05) is 18.2 Å². The van der Waals surface area contributed by atoms with Crippen molar-refractivity contribution in [3.8, 4) is 11.1 Å². The molecule has 0 aliphatic heterocycles. The Morgan fingerprint density at radius 2 is 1.82 bits per heavy atom. The molecule has 0 bridgehead atoms. The van der Waals surface area contributed by atoms with Crippen molar-refractivity contribution in [1.82, 2.24) is 10.6 Å². The third kappa shape index (κ3) is 6.78. The zero-order valence-corrected chi connectivity index (χ0v) is 15.9. The maximum Gasteiger partial charge on any atom is 0.416 e. The number of methoxy groups -OCH3 is 1. The Morgan fingerprint density at radius 1 is 1.07 bits per heavy atom. The predicted octanol–water partition coefficient (Wildman–Crippen LogP) is 3.90. The molecular weight excluding hydrogens is 400 g/mol. The van der Waals surface area contributed by atoms with Gasteiger partial charge in [-0.2, -0.15) is 13.2 Å². The van der Waals surface area contributed by atoms with E-state index in [9.17, 15) is 22.4 Å². The van der Waals surface area contributed by atoms with Crippen LogP contribution < -0.4 is 10.6 Å². The lowest BCUT2D eigenvalue weighted by Gasteiger charge is -2.13. The van der Waals surface area contributed by atoms with Crippen LogP contribution in [0.1, 0.15) is 15.9 Å². The normalized spacial score (nSPS) is 11.0. The molecule has 9 heteroatoms. The first-order valence-corrected chi connectivity index (χ1v) is 8.28. The molecule has 0 spiro atoms. The number of hydrogen-bond acceptors (Lipinski definition) is 3. The fourth-order valence-electron chi connectivity index (χ4n) is 2.48. The summed E-state index contributed by atoms with van der Waals surface area (Å²) in [5.74, 6) is -1.20. The first-order chi connectivity index (χ1) is 12.8. The molecule has 0 atom stereocenters. The maximum absolute atomic E-state index is 13.6. The van der Waals surface area contributed by atoms with Crippen LogP contribution in [-0.4, -0.2) is 39.3 Å². The van der Waals surface area contributed by atoms with Crippen molar-refractivity contribution in [3.05, 3.63) is 59.4 Å². The summed E-state index contributed by atoms with van der Waals surface area (Å²) >= 11 is 0. The minimum Gasteiger partial charge on any atom is -0.383 e. The summed E-state index contributed by atoms with van der Waals surface area (Å²) in [7, 11) is 1.57. The highest BCUT2D eigenvalue weighted by molar-refractivity contribution is 6.01. The Kier molecular flexibility index (Phi) is 9.37. The molecule has 154 valence electrons. The van der Waals surface area contributed by atoms with Crippen LogP contribution in [0.25, 0.3) is 11.1 Å². The van der Waals surface area contributed by atoms with Crippen LogP contribution in [-0.2, 0) is 10.9 Å². The van der Waals surface area contributed by atoms with Gasteiger partial charge < -0.3 is 15.4 Å².